The van der Waals surface area contributed by atoms with E-state index in [0.717, 1.165) is 13.1 Å². The Morgan fingerprint density at radius 3 is 2.35 bits per heavy atom. The van der Waals surface area contributed by atoms with Gasteiger partial charge in [-0.05, 0) is 37.7 Å². The van der Waals surface area contributed by atoms with Crippen LogP contribution in [0.2, 0.25) is 0 Å². The Hall–Kier alpha value is -1.16. The summed E-state index contributed by atoms with van der Waals surface area (Å²) in [5.74, 6) is 0.214. The molecule has 0 bridgehead atoms. The first-order valence-corrected chi connectivity index (χ1v) is 12.0. The van der Waals surface area contributed by atoms with Gasteiger partial charge in [0, 0.05) is 32.2 Å². The highest BCUT2D eigenvalue weighted by molar-refractivity contribution is 7.96. The van der Waals surface area contributed by atoms with Crippen LogP contribution in [0.25, 0.3) is 0 Å². The minimum Gasteiger partial charge on any atom is -0.496 e. The second kappa shape index (κ2) is 7.10. The predicted octanol–water partition coefficient (Wildman–Crippen LogP) is 0.190. The number of rotatable bonds is 4. The second-order valence-electron chi connectivity index (χ2n) is 7.20. The molecule has 146 valence electrons. The first kappa shape index (κ1) is 19.6. The van der Waals surface area contributed by atoms with Gasteiger partial charge in [-0.2, -0.15) is 0 Å². The molecular formula is C17H26N2O5S2. The molecule has 2 atom stereocenters. The summed E-state index contributed by atoms with van der Waals surface area (Å²) in [7, 11) is -3.60. The van der Waals surface area contributed by atoms with E-state index in [4.69, 9.17) is 4.74 Å². The standard InChI is InChI=1S/C17H26N2O5S2/c1-13-10-14(4-5-16(13)24-3)26(22,23)17-12-25(20,21)11-15(17)19-8-6-18(2)7-9-19/h4-5,10,15,17H,6-9,11-12H2,1-3H3/t15-,17-/m1/s1. The monoisotopic (exact) mass is 402 g/mol. The molecule has 0 amide bonds. The van der Waals surface area contributed by atoms with Crippen LogP contribution in [0, 0.1) is 6.92 Å². The minimum absolute atomic E-state index is 0.0876. The maximum atomic E-state index is 13.2. The fraction of sp³-hybridized carbons (Fsp3) is 0.647. The maximum Gasteiger partial charge on any atom is 0.183 e. The van der Waals surface area contributed by atoms with Crippen molar-refractivity contribution in [2.75, 3.05) is 51.8 Å². The summed E-state index contributed by atoms with van der Waals surface area (Å²) < 4.78 is 56.3. The zero-order chi connectivity index (χ0) is 19.1. The van der Waals surface area contributed by atoms with Gasteiger partial charge in [0.05, 0.1) is 28.8 Å². The number of hydrogen-bond acceptors (Lipinski definition) is 7. The van der Waals surface area contributed by atoms with Gasteiger partial charge in [0.2, 0.25) is 0 Å². The van der Waals surface area contributed by atoms with Crippen LogP contribution in [0.1, 0.15) is 5.56 Å². The van der Waals surface area contributed by atoms with E-state index >= 15 is 0 Å². The van der Waals surface area contributed by atoms with Crippen molar-refractivity contribution in [2.24, 2.45) is 0 Å². The van der Waals surface area contributed by atoms with Crippen LogP contribution in [-0.4, -0.2) is 89.8 Å². The highest BCUT2D eigenvalue weighted by atomic mass is 32.2. The molecule has 0 aliphatic carbocycles. The molecule has 0 aromatic heterocycles. The van der Waals surface area contributed by atoms with Crippen LogP contribution >= 0.6 is 0 Å². The molecule has 0 saturated carbocycles. The van der Waals surface area contributed by atoms with Gasteiger partial charge < -0.3 is 9.64 Å². The molecular weight excluding hydrogens is 376 g/mol. The number of aryl methyl sites for hydroxylation is 1. The molecule has 1 aromatic rings. The highest BCUT2D eigenvalue weighted by Crippen LogP contribution is 2.31. The van der Waals surface area contributed by atoms with Crippen LogP contribution in [0.15, 0.2) is 23.1 Å². The number of likely N-dealkylation sites (N-methyl/N-ethyl adjacent to an activating group) is 1. The summed E-state index contributed by atoms with van der Waals surface area (Å²) in [5.41, 5.74) is 0.713. The van der Waals surface area contributed by atoms with Crippen LogP contribution in [0.5, 0.6) is 5.75 Å². The van der Waals surface area contributed by atoms with Crippen molar-refractivity contribution < 1.29 is 21.6 Å². The molecule has 2 heterocycles. The average Bonchev–Trinajstić information content (AvgIpc) is 2.92. The predicted molar refractivity (Wildman–Crippen MR) is 100 cm³/mol. The molecule has 0 radical (unpaired) electrons. The fourth-order valence-corrected chi connectivity index (χ4v) is 8.70. The molecule has 2 aliphatic rings. The Morgan fingerprint density at radius 1 is 1.12 bits per heavy atom. The van der Waals surface area contributed by atoms with Crippen molar-refractivity contribution in [1.29, 1.82) is 0 Å². The summed E-state index contributed by atoms with van der Waals surface area (Å²) in [6.45, 7) is 4.77. The number of sulfone groups is 2. The van der Waals surface area contributed by atoms with Crippen molar-refractivity contribution in [3.8, 4) is 5.75 Å². The van der Waals surface area contributed by atoms with Crippen LogP contribution in [0.4, 0.5) is 0 Å². The summed E-state index contributed by atoms with van der Waals surface area (Å²) in [6, 6.07) is 4.21. The Morgan fingerprint density at radius 2 is 1.77 bits per heavy atom. The van der Waals surface area contributed by atoms with Crippen LogP contribution in [-0.2, 0) is 19.7 Å². The van der Waals surface area contributed by atoms with Crippen molar-refractivity contribution in [3.63, 3.8) is 0 Å². The number of nitrogens with zero attached hydrogens (tertiary/aromatic N) is 2. The third-order valence-electron chi connectivity index (χ3n) is 5.37. The van der Waals surface area contributed by atoms with Gasteiger partial charge in [0.1, 0.15) is 5.75 Å². The van der Waals surface area contributed by atoms with E-state index < -0.39 is 31.0 Å². The fourth-order valence-electron chi connectivity index (χ4n) is 3.79. The Bertz CT molecular complexity index is 874. The van der Waals surface area contributed by atoms with E-state index in [2.05, 4.69) is 4.90 Å². The molecule has 7 nitrogen and oxygen atoms in total. The van der Waals surface area contributed by atoms with Crippen molar-refractivity contribution in [1.82, 2.24) is 9.80 Å². The van der Waals surface area contributed by atoms with E-state index in [0.29, 0.717) is 24.4 Å². The highest BCUT2D eigenvalue weighted by Gasteiger charge is 2.48. The second-order valence-corrected chi connectivity index (χ2v) is 11.5. The number of benzene rings is 1. The van der Waals surface area contributed by atoms with E-state index in [1.165, 1.54) is 13.2 Å². The smallest absolute Gasteiger partial charge is 0.183 e. The summed E-state index contributed by atoms with van der Waals surface area (Å²) in [6.07, 6.45) is 0. The lowest BCUT2D eigenvalue weighted by Crippen LogP contribution is -2.54. The topological polar surface area (TPSA) is 84.0 Å². The minimum atomic E-state index is -3.76. The average molecular weight is 403 g/mol. The number of hydrogen-bond donors (Lipinski definition) is 0. The SMILES string of the molecule is COc1ccc(S(=O)(=O)[C@@H]2CS(=O)(=O)C[C@H]2N2CCN(C)CC2)cc1C. The van der Waals surface area contributed by atoms with Gasteiger partial charge in [-0.15, -0.1) is 0 Å². The molecule has 2 aliphatic heterocycles. The quantitative estimate of drug-likeness (QED) is 0.711. The molecule has 9 heteroatoms. The number of ether oxygens (including phenoxy) is 1. The first-order valence-electron chi connectivity index (χ1n) is 8.65. The molecule has 26 heavy (non-hydrogen) atoms. The molecule has 0 unspecified atom stereocenters. The zero-order valence-electron chi connectivity index (χ0n) is 15.4. The molecule has 3 rings (SSSR count). The van der Waals surface area contributed by atoms with Crippen molar-refractivity contribution >= 4 is 19.7 Å². The molecule has 2 saturated heterocycles. The van der Waals surface area contributed by atoms with Gasteiger partial charge in [-0.3, -0.25) is 4.90 Å². The van der Waals surface area contributed by atoms with Gasteiger partial charge in [0.25, 0.3) is 0 Å². The van der Waals surface area contributed by atoms with Crippen LogP contribution < -0.4 is 4.74 Å². The van der Waals surface area contributed by atoms with Crippen molar-refractivity contribution in [3.05, 3.63) is 23.8 Å². The number of piperazine rings is 1. The third-order valence-corrected chi connectivity index (χ3v) is 9.49. The van der Waals surface area contributed by atoms with Gasteiger partial charge in [-0.25, -0.2) is 16.8 Å². The van der Waals surface area contributed by atoms with E-state index in [1.807, 2.05) is 11.9 Å². The summed E-state index contributed by atoms with van der Waals surface area (Å²) >= 11 is 0. The summed E-state index contributed by atoms with van der Waals surface area (Å²) in [5, 5.41) is -0.927. The molecule has 2 fully saturated rings. The van der Waals surface area contributed by atoms with E-state index in [9.17, 15) is 16.8 Å². The third kappa shape index (κ3) is 3.76. The largest absolute Gasteiger partial charge is 0.496 e. The Labute approximate surface area is 155 Å². The summed E-state index contributed by atoms with van der Waals surface area (Å²) in [4.78, 5) is 4.36. The Balaban J connectivity index is 1.94. The van der Waals surface area contributed by atoms with Crippen LogP contribution in [0.3, 0.4) is 0 Å². The lowest BCUT2D eigenvalue weighted by atomic mass is 10.2. The number of methoxy groups -OCH3 is 1. The van der Waals surface area contributed by atoms with Gasteiger partial charge in [-0.1, -0.05) is 0 Å². The maximum absolute atomic E-state index is 13.2. The zero-order valence-corrected chi connectivity index (χ0v) is 17.0. The normalized spacial score (nSPS) is 27.5. The lowest BCUT2D eigenvalue weighted by molar-refractivity contribution is 0.122. The van der Waals surface area contributed by atoms with E-state index in [1.54, 1.807) is 19.1 Å². The van der Waals surface area contributed by atoms with Gasteiger partial charge >= 0.3 is 0 Å². The molecule has 0 spiro atoms. The van der Waals surface area contributed by atoms with Crippen molar-refractivity contribution in [2.45, 2.75) is 23.1 Å². The van der Waals surface area contributed by atoms with E-state index in [-0.39, 0.29) is 16.4 Å². The molecule has 1 aromatic carbocycles. The first-order chi connectivity index (χ1) is 12.1. The Kier molecular flexibility index (Phi) is 5.35. The molecule has 0 N–H and O–H groups in total. The van der Waals surface area contributed by atoms with Gasteiger partial charge in [0.15, 0.2) is 19.7 Å². The lowest BCUT2D eigenvalue weighted by Gasteiger charge is -2.37.